The number of amides is 10. The number of benzene rings is 6. The first-order valence-electron chi connectivity index (χ1n) is 42.5. The summed E-state index contributed by atoms with van der Waals surface area (Å²) in [6.45, 7) is 31.3. The molecule has 12 atom stereocenters. The number of aromatic nitrogens is 5. The summed E-state index contributed by atoms with van der Waals surface area (Å²) in [6.07, 6.45) is 3.52. The van der Waals surface area contributed by atoms with Crippen molar-refractivity contribution in [3.8, 4) is 11.5 Å². The Morgan fingerprint density at radius 2 is 0.992 bits per heavy atom. The van der Waals surface area contributed by atoms with Gasteiger partial charge in [0.05, 0.1) is 12.2 Å². The molecule has 2 saturated heterocycles. The molecule has 0 aliphatic carbocycles. The lowest BCUT2D eigenvalue weighted by Gasteiger charge is -2.37. The molecule has 0 radical (unpaired) electrons. The van der Waals surface area contributed by atoms with Gasteiger partial charge in [-0.1, -0.05) is 175 Å². The SMILES string of the molecule is C=CCOc1ccc(C[C@H](NC(=O)C(Cc2ccc3ccccc3c2)NC(=O)[C@@H]2C[C@H](n3cc(COc4ccc(CC(NC(=O)C(Cc5ccc6ccccc6c5)NC(=O)[C@@H]5C[C@H](CC=C)CN5C(=O)C(NC(=O)C(C)N(C)C(=O)OC(C)(C)C)C(C)(C)C)C(=O)O)cc4)nn3)CN2C(=O)C(NC(=O)C(C)N(C)C(=O)OC(C)(C)C)C(C)(C)C)c2n[nH]c(=O)o2)cc1. The van der Waals surface area contributed by atoms with E-state index in [1.807, 2.05) is 84.9 Å². The number of hydrogen-bond donors (Lipinski definition) is 8. The van der Waals surface area contributed by atoms with E-state index in [1.54, 1.807) is 150 Å². The van der Waals surface area contributed by atoms with Crippen molar-refractivity contribution in [2.24, 2.45) is 16.7 Å². The fourth-order valence-corrected chi connectivity index (χ4v) is 15.1. The minimum absolute atomic E-state index is 0.0643. The van der Waals surface area contributed by atoms with E-state index in [0.29, 0.717) is 45.9 Å². The first-order valence-corrected chi connectivity index (χ1v) is 42.5. The molecule has 8 N–H and O–H groups in total. The van der Waals surface area contributed by atoms with E-state index in [9.17, 15) is 38.7 Å². The highest BCUT2D eigenvalue weighted by molar-refractivity contribution is 5.99. The molecule has 678 valence electrons. The molecule has 10 rings (SSSR count). The van der Waals surface area contributed by atoms with E-state index < -0.39 is 160 Å². The van der Waals surface area contributed by atoms with Crippen LogP contribution in [0.15, 0.2) is 174 Å². The summed E-state index contributed by atoms with van der Waals surface area (Å²) in [5, 5.41) is 46.9. The summed E-state index contributed by atoms with van der Waals surface area (Å²) >= 11 is 0. The zero-order valence-corrected chi connectivity index (χ0v) is 75.0. The average molecular weight is 1750 g/mol. The molecule has 127 heavy (non-hydrogen) atoms. The van der Waals surface area contributed by atoms with Crippen LogP contribution in [0.1, 0.15) is 162 Å². The van der Waals surface area contributed by atoms with Crippen LogP contribution in [0, 0.1) is 16.7 Å². The van der Waals surface area contributed by atoms with Crippen molar-refractivity contribution >= 4 is 87.0 Å². The zero-order valence-electron chi connectivity index (χ0n) is 75.0. The molecule has 33 heteroatoms. The number of nitrogens with one attached hydrogen (secondary N) is 7. The first-order chi connectivity index (χ1) is 59.8. The number of aromatic amines is 1. The van der Waals surface area contributed by atoms with Crippen LogP contribution in [0.2, 0.25) is 0 Å². The normalized spacial score (nSPS) is 17.3. The highest BCUT2D eigenvalue weighted by atomic mass is 16.6. The summed E-state index contributed by atoms with van der Waals surface area (Å²) in [5.74, 6) is -7.32. The fourth-order valence-electron chi connectivity index (χ4n) is 15.1. The summed E-state index contributed by atoms with van der Waals surface area (Å²) in [5.41, 5.74) is -0.948. The van der Waals surface area contributed by atoms with Crippen LogP contribution < -0.4 is 47.1 Å². The largest absolute Gasteiger partial charge is 0.490 e. The number of nitrogens with zero attached hydrogens (tertiary/aromatic N) is 8. The molecule has 2 fully saturated rings. The molecular formula is C94H119N15O18. The van der Waals surface area contributed by atoms with Crippen molar-refractivity contribution in [2.45, 2.75) is 226 Å². The standard InChI is InChI=1S/C94H119N15O18/c1-19-25-61-49-74(107(51-61)85(116)76(91(5,6)7)99-78(110)55(3)105(17)89(121)126-93(11,12)13)82(114)95-71(48-60-31-37-63-27-22-24-29-65(63)44-60)81(113)98-73(87(118)119)46-58-34-40-69(41-35-58)124-54-66-52-109(104-101-66)67-50-75(108(53-67)86(117)77(92(8,9)10)100-79(111)56(4)106(18)90(122)127-94(14,15)16)83(115)96-70(47-59-30-36-62-26-21-23-28-64(62)43-59)80(112)97-72(84-102-103-88(120)125-84)45-57-32-38-68(39-33-57)123-42-20-2/h19-24,26-41,43-44,52,55-56,61,67,70-77H,1-2,25,42,45-51,53-54H2,3-18H3,(H,95,114)(H,96,115)(H,97,112)(H,98,113)(H,99,110)(H,100,111)(H,103,120)(H,118,119)/t55?,56?,61-,67-,70?,71?,72-,73?,74-,75-,76?,77?/m0/s1. The molecular weight excluding hydrogens is 1630 g/mol. The number of likely N-dealkylation sites (N-methyl/N-ethyl adjacent to an activating group) is 2. The molecule has 0 bridgehead atoms. The molecule has 33 nitrogen and oxygen atoms in total. The number of rotatable bonds is 35. The molecule has 0 saturated carbocycles. The van der Waals surface area contributed by atoms with Gasteiger partial charge in [0, 0.05) is 59.3 Å². The van der Waals surface area contributed by atoms with Crippen molar-refractivity contribution in [1.29, 1.82) is 0 Å². The molecule has 2 aliphatic rings. The Bertz CT molecular complexity index is 5370. The van der Waals surface area contributed by atoms with E-state index in [4.69, 9.17) is 23.4 Å². The maximum absolute atomic E-state index is 15.6. The number of fused-ring (bicyclic) bond motifs is 2. The lowest BCUT2D eigenvalue weighted by Crippen LogP contribution is -2.61. The third-order valence-corrected chi connectivity index (χ3v) is 22.3. The van der Waals surface area contributed by atoms with E-state index in [-0.39, 0.29) is 76.6 Å². The van der Waals surface area contributed by atoms with Crippen LogP contribution in [0.25, 0.3) is 21.5 Å². The third kappa shape index (κ3) is 26.0. The first kappa shape index (κ1) is 96.0. The minimum atomic E-state index is -1.54. The number of hydrogen-bond acceptors (Lipinski definition) is 20. The monoisotopic (exact) mass is 1750 g/mol. The van der Waals surface area contributed by atoms with E-state index in [1.165, 1.54) is 42.4 Å². The molecule has 2 aromatic heterocycles. The van der Waals surface area contributed by atoms with Crippen LogP contribution in [-0.2, 0) is 84.9 Å². The maximum Gasteiger partial charge on any atom is 0.434 e. The number of H-pyrrole nitrogens is 1. The Kier molecular flexibility index (Phi) is 31.2. The number of carboxylic acid groups (broad SMARTS) is 1. The number of carbonyl (C=O) groups excluding carboxylic acids is 10. The summed E-state index contributed by atoms with van der Waals surface area (Å²) in [7, 11) is 2.82. The van der Waals surface area contributed by atoms with Gasteiger partial charge in [-0.15, -0.1) is 16.8 Å². The quantitative estimate of drug-likeness (QED) is 0.0171. The van der Waals surface area contributed by atoms with Gasteiger partial charge in [0.25, 0.3) is 0 Å². The van der Waals surface area contributed by atoms with Gasteiger partial charge in [-0.25, -0.2) is 29.0 Å². The second-order valence-corrected chi connectivity index (χ2v) is 36.8. The lowest BCUT2D eigenvalue weighted by molar-refractivity contribution is -0.145. The van der Waals surface area contributed by atoms with Gasteiger partial charge in [0.2, 0.25) is 53.1 Å². The van der Waals surface area contributed by atoms with E-state index in [0.717, 1.165) is 31.3 Å². The van der Waals surface area contributed by atoms with Gasteiger partial charge in [-0.05, 0) is 153 Å². The van der Waals surface area contributed by atoms with Crippen molar-refractivity contribution < 1.29 is 81.2 Å². The zero-order chi connectivity index (χ0) is 92.7. The fraction of sp³-hybridized carbons (Fsp3) is 0.457. The van der Waals surface area contributed by atoms with Gasteiger partial charge >= 0.3 is 23.9 Å². The van der Waals surface area contributed by atoms with Crippen LogP contribution in [0.3, 0.4) is 0 Å². The number of likely N-dealkylation sites (tertiary alicyclic amines) is 2. The van der Waals surface area contributed by atoms with Crippen LogP contribution in [0.5, 0.6) is 11.5 Å². The lowest BCUT2D eigenvalue weighted by atomic mass is 9.85. The Morgan fingerprint density at radius 1 is 0.543 bits per heavy atom. The molecule has 10 amide bonds. The molecule has 2 aliphatic heterocycles. The van der Waals surface area contributed by atoms with E-state index >= 15 is 24.0 Å². The number of allylic oxidation sites excluding steroid dienone is 1. The topological polar surface area (TPSA) is 420 Å². The van der Waals surface area contributed by atoms with Crippen molar-refractivity contribution in [3.05, 3.63) is 209 Å². The average Bonchev–Trinajstić information content (AvgIpc) is 1.65. The number of aliphatic carboxylic acids is 1. The highest BCUT2D eigenvalue weighted by Crippen LogP contribution is 2.35. The molecule has 7 unspecified atom stereocenters. The van der Waals surface area contributed by atoms with Crippen molar-refractivity contribution in [3.63, 3.8) is 0 Å². The van der Waals surface area contributed by atoms with Crippen LogP contribution in [0.4, 0.5) is 9.59 Å². The Labute approximate surface area is 738 Å². The second-order valence-electron chi connectivity index (χ2n) is 36.8. The van der Waals surface area contributed by atoms with Gasteiger partial charge in [-0.2, -0.15) is 0 Å². The minimum Gasteiger partial charge on any atom is -0.490 e. The summed E-state index contributed by atoms with van der Waals surface area (Å²) in [6, 6.07) is 26.5. The summed E-state index contributed by atoms with van der Waals surface area (Å²) < 4.78 is 29.9. The summed E-state index contributed by atoms with van der Waals surface area (Å²) in [4.78, 5) is 177. The molecule has 8 aromatic rings. The van der Waals surface area contributed by atoms with Gasteiger partial charge in [0.15, 0.2) is 0 Å². The highest BCUT2D eigenvalue weighted by Gasteiger charge is 2.49. The van der Waals surface area contributed by atoms with E-state index in [2.05, 4.69) is 65.6 Å². The van der Waals surface area contributed by atoms with Crippen molar-refractivity contribution in [2.75, 3.05) is 33.8 Å². The smallest absolute Gasteiger partial charge is 0.434 e. The second kappa shape index (κ2) is 41.3. The predicted octanol–water partition coefficient (Wildman–Crippen LogP) is 9.58. The van der Waals surface area contributed by atoms with Gasteiger partial charge in [0.1, 0.15) is 102 Å². The van der Waals surface area contributed by atoms with Crippen LogP contribution >= 0.6 is 0 Å². The third-order valence-electron chi connectivity index (χ3n) is 22.3. The number of carbonyl (C=O) groups is 11. The maximum atomic E-state index is 15.6. The number of ether oxygens (including phenoxy) is 4. The molecule has 6 aromatic carbocycles. The molecule has 4 heterocycles. The van der Waals surface area contributed by atoms with Gasteiger partial charge < -0.3 is 70.2 Å². The Hall–Kier alpha value is -13.2. The van der Waals surface area contributed by atoms with Crippen molar-refractivity contribution in [1.82, 2.24) is 76.7 Å². The predicted molar refractivity (Wildman–Crippen MR) is 474 cm³/mol. The van der Waals surface area contributed by atoms with Crippen LogP contribution in [-0.4, -0.2) is 215 Å². The number of carboxylic acids is 1. The Balaban J connectivity index is 0.871. The Morgan fingerprint density at radius 3 is 1.45 bits per heavy atom. The molecule has 0 spiro atoms. The van der Waals surface area contributed by atoms with Gasteiger partial charge in [-0.3, -0.25) is 48.2 Å².